The van der Waals surface area contributed by atoms with Crippen molar-refractivity contribution < 1.29 is 22.4 Å². The Hall–Kier alpha value is -3.43. The largest absolute Gasteiger partial charge is 0.419 e. The molecule has 3 unspecified atom stereocenters. The van der Waals surface area contributed by atoms with Crippen LogP contribution in [-0.4, -0.2) is 42.8 Å². The molecule has 2 bridgehead atoms. The van der Waals surface area contributed by atoms with Gasteiger partial charge in [-0.05, 0) is 49.4 Å². The summed E-state index contributed by atoms with van der Waals surface area (Å²) in [6, 6.07) is 5.51. The molecule has 3 aromatic rings. The van der Waals surface area contributed by atoms with Crippen molar-refractivity contribution in [1.82, 2.24) is 24.8 Å². The molecule has 0 N–H and O–H groups in total. The fourth-order valence-electron chi connectivity index (χ4n) is 4.96. The Labute approximate surface area is 186 Å². The molecule has 0 radical (unpaired) electrons. The van der Waals surface area contributed by atoms with Gasteiger partial charge in [0.05, 0.1) is 11.1 Å². The Kier molecular flexibility index (Phi) is 5.30. The molecule has 5 rings (SSSR count). The van der Waals surface area contributed by atoms with E-state index in [0.29, 0.717) is 30.1 Å². The van der Waals surface area contributed by atoms with Crippen LogP contribution >= 0.6 is 0 Å². The van der Waals surface area contributed by atoms with Gasteiger partial charge in [-0.2, -0.15) is 13.2 Å². The van der Waals surface area contributed by atoms with Crippen molar-refractivity contribution in [3.05, 3.63) is 71.8 Å². The van der Waals surface area contributed by atoms with E-state index in [-0.39, 0.29) is 29.5 Å². The van der Waals surface area contributed by atoms with E-state index in [1.54, 1.807) is 23.4 Å². The van der Waals surface area contributed by atoms with E-state index in [4.69, 9.17) is 0 Å². The molecule has 0 spiro atoms. The van der Waals surface area contributed by atoms with Gasteiger partial charge in [-0.15, -0.1) is 0 Å². The Balaban J connectivity index is 1.39. The quantitative estimate of drug-likeness (QED) is 0.546. The highest BCUT2D eigenvalue weighted by Gasteiger charge is 2.49. The third kappa shape index (κ3) is 4.05. The molecule has 1 amide bonds. The first-order valence-corrected chi connectivity index (χ1v) is 10.6. The van der Waals surface area contributed by atoms with Gasteiger partial charge in [-0.25, -0.2) is 24.3 Å². The van der Waals surface area contributed by atoms with Gasteiger partial charge in [0.15, 0.2) is 5.82 Å². The minimum atomic E-state index is -4.49. The lowest BCUT2D eigenvalue weighted by Gasteiger charge is -2.25. The van der Waals surface area contributed by atoms with Crippen molar-refractivity contribution in [3.63, 3.8) is 0 Å². The Bertz CT molecular complexity index is 1170. The first kappa shape index (κ1) is 21.4. The number of nitrogens with zero attached hydrogens (tertiary/aromatic N) is 5. The van der Waals surface area contributed by atoms with Crippen LogP contribution in [0.5, 0.6) is 0 Å². The fourth-order valence-corrected chi connectivity index (χ4v) is 4.96. The standard InChI is InChI=1S/C23H19F4N5O/c24-15-2-4-17(21-28-6-1-7-29-21)18(10-15)22(33)32-16-3-5-19(32)13(8-16)9-20-30-11-14(12-31-20)23(25,26)27/h1-2,4,6-7,10-13,16,19H,3,5,8-9H2. The van der Waals surface area contributed by atoms with Gasteiger partial charge in [-0.1, -0.05) is 0 Å². The molecule has 2 fully saturated rings. The van der Waals surface area contributed by atoms with E-state index in [0.717, 1.165) is 25.2 Å². The zero-order valence-electron chi connectivity index (χ0n) is 17.3. The van der Waals surface area contributed by atoms with Crippen molar-refractivity contribution in [2.45, 2.75) is 43.9 Å². The molecule has 4 heterocycles. The van der Waals surface area contributed by atoms with Crippen molar-refractivity contribution in [2.24, 2.45) is 5.92 Å². The van der Waals surface area contributed by atoms with Gasteiger partial charge >= 0.3 is 6.18 Å². The van der Waals surface area contributed by atoms with Gasteiger partial charge in [-0.3, -0.25) is 4.79 Å². The predicted octanol–water partition coefficient (Wildman–Crippen LogP) is 4.33. The molecular weight excluding hydrogens is 438 g/mol. The van der Waals surface area contributed by atoms with Gasteiger partial charge in [0.25, 0.3) is 5.91 Å². The third-order valence-electron chi connectivity index (χ3n) is 6.40. The molecule has 0 saturated carbocycles. The molecule has 2 saturated heterocycles. The lowest BCUT2D eigenvalue weighted by atomic mass is 9.86. The second-order valence-electron chi connectivity index (χ2n) is 8.36. The van der Waals surface area contributed by atoms with Crippen LogP contribution in [0.4, 0.5) is 17.6 Å². The normalized spacial score (nSPS) is 22.1. The average molecular weight is 457 g/mol. The third-order valence-corrected chi connectivity index (χ3v) is 6.40. The van der Waals surface area contributed by atoms with Crippen LogP contribution in [0.15, 0.2) is 49.1 Å². The first-order valence-electron chi connectivity index (χ1n) is 10.6. The topological polar surface area (TPSA) is 71.9 Å². The summed E-state index contributed by atoms with van der Waals surface area (Å²) in [5.41, 5.74) is -0.238. The van der Waals surface area contributed by atoms with Crippen LogP contribution in [0, 0.1) is 11.7 Å². The molecule has 6 nitrogen and oxygen atoms in total. The predicted molar refractivity (Wildman–Crippen MR) is 109 cm³/mol. The zero-order valence-corrected chi connectivity index (χ0v) is 17.3. The number of carbonyl (C=O) groups excluding carboxylic acids is 1. The monoisotopic (exact) mass is 457 g/mol. The van der Waals surface area contributed by atoms with E-state index in [2.05, 4.69) is 19.9 Å². The SMILES string of the molecule is O=C(c1cc(F)ccc1-c1ncccn1)N1C2CCC1C(Cc1ncc(C(F)(F)F)cn1)C2. The first-order chi connectivity index (χ1) is 15.8. The lowest BCUT2D eigenvalue weighted by molar-refractivity contribution is -0.138. The van der Waals surface area contributed by atoms with Gasteiger partial charge in [0.1, 0.15) is 11.6 Å². The van der Waals surface area contributed by atoms with Crippen LogP contribution in [-0.2, 0) is 12.6 Å². The molecule has 170 valence electrons. The van der Waals surface area contributed by atoms with Crippen LogP contribution in [0.1, 0.15) is 41.0 Å². The van der Waals surface area contributed by atoms with Gasteiger partial charge < -0.3 is 4.90 Å². The molecule has 33 heavy (non-hydrogen) atoms. The summed E-state index contributed by atoms with van der Waals surface area (Å²) < 4.78 is 52.4. The summed E-state index contributed by atoms with van der Waals surface area (Å²) in [6.07, 6.45) is 2.88. The molecule has 2 aliphatic heterocycles. The minimum Gasteiger partial charge on any atom is -0.332 e. The number of hydrogen-bond donors (Lipinski definition) is 0. The number of alkyl halides is 3. The highest BCUT2D eigenvalue weighted by molar-refractivity contribution is 6.00. The number of fused-ring (bicyclic) bond motifs is 2. The van der Waals surface area contributed by atoms with E-state index in [9.17, 15) is 22.4 Å². The van der Waals surface area contributed by atoms with E-state index >= 15 is 0 Å². The second kappa shape index (κ2) is 8.17. The van der Waals surface area contributed by atoms with Gasteiger partial charge in [0.2, 0.25) is 0 Å². The van der Waals surface area contributed by atoms with Crippen LogP contribution in [0.2, 0.25) is 0 Å². The number of aromatic nitrogens is 4. The van der Waals surface area contributed by atoms with E-state index < -0.39 is 17.6 Å². The fraction of sp³-hybridized carbons (Fsp3) is 0.348. The Morgan fingerprint density at radius 2 is 1.79 bits per heavy atom. The highest BCUT2D eigenvalue weighted by atomic mass is 19.4. The molecule has 1 aromatic carbocycles. The second-order valence-corrected chi connectivity index (χ2v) is 8.36. The van der Waals surface area contributed by atoms with Crippen molar-refractivity contribution in [2.75, 3.05) is 0 Å². The number of hydrogen-bond acceptors (Lipinski definition) is 5. The van der Waals surface area contributed by atoms with Crippen LogP contribution < -0.4 is 0 Å². The molecule has 10 heteroatoms. The van der Waals surface area contributed by atoms with E-state index in [1.807, 2.05) is 0 Å². The maximum Gasteiger partial charge on any atom is 0.419 e. The zero-order chi connectivity index (χ0) is 23.2. The summed E-state index contributed by atoms with van der Waals surface area (Å²) in [5, 5.41) is 0. The highest BCUT2D eigenvalue weighted by Crippen LogP contribution is 2.44. The maximum atomic E-state index is 14.1. The van der Waals surface area contributed by atoms with Crippen molar-refractivity contribution in [1.29, 1.82) is 0 Å². The number of amides is 1. The molecule has 0 aliphatic carbocycles. The lowest BCUT2D eigenvalue weighted by Crippen LogP contribution is -2.37. The maximum absolute atomic E-state index is 14.1. The van der Waals surface area contributed by atoms with Crippen LogP contribution in [0.25, 0.3) is 11.4 Å². The van der Waals surface area contributed by atoms with E-state index in [1.165, 1.54) is 18.2 Å². The number of carbonyl (C=O) groups is 1. The summed E-state index contributed by atoms with van der Waals surface area (Å²) in [6.45, 7) is 0. The summed E-state index contributed by atoms with van der Waals surface area (Å²) in [7, 11) is 0. The summed E-state index contributed by atoms with van der Waals surface area (Å²) in [5.74, 6) is -0.145. The minimum absolute atomic E-state index is 0.0187. The van der Waals surface area contributed by atoms with Crippen LogP contribution in [0.3, 0.4) is 0 Å². The number of halogens is 4. The summed E-state index contributed by atoms with van der Waals surface area (Å²) >= 11 is 0. The molecular formula is C23H19F4N5O. The Morgan fingerprint density at radius 1 is 1.06 bits per heavy atom. The molecule has 2 aromatic heterocycles. The molecule has 2 aliphatic rings. The average Bonchev–Trinajstić information content (AvgIpc) is 3.36. The van der Waals surface area contributed by atoms with Crippen molar-refractivity contribution >= 4 is 5.91 Å². The van der Waals surface area contributed by atoms with Gasteiger partial charge in [0, 0.05) is 48.9 Å². The smallest absolute Gasteiger partial charge is 0.332 e. The number of rotatable bonds is 4. The van der Waals surface area contributed by atoms with Crippen molar-refractivity contribution in [3.8, 4) is 11.4 Å². The Morgan fingerprint density at radius 3 is 2.48 bits per heavy atom. The number of benzene rings is 1. The summed E-state index contributed by atoms with van der Waals surface area (Å²) in [4.78, 5) is 31.5. The molecule has 3 atom stereocenters.